The molecule has 0 aliphatic carbocycles. The fraction of sp³-hybridized carbons (Fsp3) is 0.333. The number of aromatic hydroxyl groups is 1. The Labute approximate surface area is 103 Å². The second-order valence-electron chi connectivity index (χ2n) is 3.71. The summed E-state index contributed by atoms with van der Waals surface area (Å²) in [5.41, 5.74) is 0.176. The second kappa shape index (κ2) is 6.00. The SMILES string of the molecule is COC(=O)c1cc(CCCC(=O)O)cc(F)c1O. The molecule has 0 unspecified atom stereocenters. The van der Waals surface area contributed by atoms with Crippen LogP contribution in [0.25, 0.3) is 0 Å². The third kappa shape index (κ3) is 3.44. The molecule has 1 aromatic rings. The Morgan fingerprint density at radius 2 is 2.06 bits per heavy atom. The fourth-order valence-corrected chi connectivity index (χ4v) is 1.51. The molecule has 5 nitrogen and oxygen atoms in total. The maximum Gasteiger partial charge on any atom is 0.341 e. The Hall–Kier alpha value is -2.11. The van der Waals surface area contributed by atoms with Gasteiger partial charge < -0.3 is 14.9 Å². The van der Waals surface area contributed by atoms with Gasteiger partial charge in [-0.25, -0.2) is 9.18 Å². The van der Waals surface area contributed by atoms with Crippen molar-refractivity contribution in [2.45, 2.75) is 19.3 Å². The number of carbonyl (C=O) groups excluding carboxylic acids is 1. The average Bonchev–Trinajstić information content (AvgIpc) is 2.32. The minimum Gasteiger partial charge on any atom is -0.504 e. The minimum absolute atomic E-state index is 0.0456. The van der Waals surface area contributed by atoms with Gasteiger partial charge >= 0.3 is 11.9 Å². The number of ether oxygens (including phenoxy) is 1. The van der Waals surface area contributed by atoms with Crippen LogP contribution in [0.3, 0.4) is 0 Å². The molecule has 0 bridgehead atoms. The molecular weight excluding hydrogens is 243 g/mol. The van der Waals surface area contributed by atoms with E-state index in [1.807, 2.05) is 0 Å². The number of carbonyl (C=O) groups is 2. The number of phenols is 1. The monoisotopic (exact) mass is 256 g/mol. The molecular formula is C12H13FO5. The second-order valence-corrected chi connectivity index (χ2v) is 3.71. The summed E-state index contributed by atoms with van der Waals surface area (Å²) in [5.74, 6) is -3.47. The number of hydrogen-bond acceptors (Lipinski definition) is 4. The Kier molecular flexibility index (Phi) is 4.65. The lowest BCUT2D eigenvalue weighted by Crippen LogP contribution is -2.04. The number of hydrogen-bond donors (Lipinski definition) is 2. The van der Waals surface area contributed by atoms with Crippen LogP contribution in [0, 0.1) is 5.82 Å². The molecule has 1 rings (SSSR count). The first-order chi connectivity index (χ1) is 8.45. The largest absolute Gasteiger partial charge is 0.504 e. The van der Waals surface area contributed by atoms with Crippen LogP contribution >= 0.6 is 0 Å². The smallest absolute Gasteiger partial charge is 0.341 e. The molecule has 98 valence electrons. The normalized spacial score (nSPS) is 10.1. The molecule has 2 N–H and O–H groups in total. The molecule has 18 heavy (non-hydrogen) atoms. The van der Waals surface area contributed by atoms with Crippen molar-refractivity contribution in [1.29, 1.82) is 0 Å². The van der Waals surface area contributed by atoms with Crippen LogP contribution in [-0.4, -0.2) is 29.3 Å². The number of carboxylic acid groups (broad SMARTS) is 1. The van der Waals surface area contributed by atoms with Crippen molar-refractivity contribution >= 4 is 11.9 Å². The van der Waals surface area contributed by atoms with E-state index in [4.69, 9.17) is 5.11 Å². The van der Waals surface area contributed by atoms with Gasteiger partial charge in [0.1, 0.15) is 5.56 Å². The minimum atomic E-state index is -0.942. The molecule has 0 amide bonds. The van der Waals surface area contributed by atoms with Crippen molar-refractivity contribution in [3.63, 3.8) is 0 Å². The number of rotatable bonds is 5. The quantitative estimate of drug-likeness (QED) is 0.784. The van der Waals surface area contributed by atoms with Crippen LogP contribution in [0.15, 0.2) is 12.1 Å². The van der Waals surface area contributed by atoms with Gasteiger partial charge in [0.2, 0.25) is 0 Å². The molecule has 0 saturated heterocycles. The number of benzene rings is 1. The standard InChI is InChI=1S/C12H13FO5/c1-18-12(17)8-5-7(3-2-4-10(14)15)6-9(13)11(8)16/h5-6,16H,2-4H2,1H3,(H,14,15). The van der Waals surface area contributed by atoms with Crippen LogP contribution in [0.1, 0.15) is 28.8 Å². The van der Waals surface area contributed by atoms with E-state index in [1.165, 1.54) is 6.07 Å². The van der Waals surface area contributed by atoms with Gasteiger partial charge in [0.15, 0.2) is 11.6 Å². The third-order valence-electron chi connectivity index (χ3n) is 2.38. The number of aryl methyl sites for hydroxylation is 1. The Balaban J connectivity index is 2.90. The first-order valence-corrected chi connectivity index (χ1v) is 5.27. The number of esters is 1. The van der Waals surface area contributed by atoms with E-state index < -0.39 is 23.5 Å². The predicted octanol–water partition coefficient (Wildman–Crippen LogP) is 1.73. The summed E-state index contributed by atoms with van der Waals surface area (Å²) < 4.78 is 17.8. The van der Waals surface area contributed by atoms with Crippen LogP contribution < -0.4 is 0 Å². The van der Waals surface area contributed by atoms with E-state index in [2.05, 4.69) is 4.74 Å². The van der Waals surface area contributed by atoms with E-state index in [0.717, 1.165) is 13.2 Å². The number of methoxy groups -OCH3 is 1. The van der Waals surface area contributed by atoms with Gasteiger partial charge in [-0.1, -0.05) is 0 Å². The maximum absolute atomic E-state index is 13.3. The number of carboxylic acids is 1. The van der Waals surface area contributed by atoms with Crippen LogP contribution in [-0.2, 0) is 16.0 Å². The van der Waals surface area contributed by atoms with E-state index in [9.17, 15) is 19.1 Å². The van der Waals surface area contributed by atoms with Gasteiger partial charge in [-0.3, -0.25) is 4.79 Å². The summed E-state index contributed by atoms with van der Waals surface area (Å²) in [6.45, 7) is 0. The first-order valence-electron chi connectivity index (χ1n) is 5.27. The number of halogens is 1. The first kappa shape index (κ1) is 14.0. The van der Waals surface area contributed by atoms with Gasteiger partial charge in [0, 0.05) is 6.42 Å². The highest BCUT2D eigenvalue weighted by atomic mass is 19.1. The lowest BCUT2D eigenvalue weighted by atomic mass is 10.0. The Bertz CT molecular complexity index is 470. The van der Waals surface area contributed by atoms with Gasteiger partial charge in [-0.05, 0) is 30.5 Å². The zero-order chi connectivity index (χ0) is 13.7. The van der Waals surface area contributed by atoms with Crippen LogP contribution in [0.2, 0.25) is 0 Å². The Morgan fingerprint density at radius 1 is 1.39 bits per heavy atom. The molecule has 1 aromatic carbocycles. The molecule has 0 saturated carbocycles. The van der Waals surface area contributed by atoms with Gasteiger partial charge in [0.25, 0.3) is 0 Å². The zero-order valence-corrected chi connectivity index (χ0v) is 9.77. The lowest BCUT2D eigenvalue weighted by molar-refractivity contribution is -0.137. The van der Waals surface area contributed by atoms with Crippen molar-refractivity contribution in [1.82, 2.24) is 0 Å². The van der Waals surface area contributed by atoms with Crippen molar-refractivity contribution in [3.05, 3.63) is 29.1 Å². The topological polar surface area (TPSA) is 83.8 Å². The molecule has 0 atom stereocenters. The summed E-state index contributed by atoms with van der Waals surface area (Å²) in [6.07, 6.45) is 0.573. The zero-order valence-electron chi connectivity index (χ0n) is 9.77. The molecule has 0 aliphatic heterocycles. The van der Waals surface area contributed by atoms with Crippen molar-refractivity contribution in [3.8, 4) is 5.75 Å². The highest BCUT2D eigenvalue weighted by Crippen LogP contribution is 2.24. The van der Waals surface area contributed by atoms with Gasteiger partial charge in [-0.15, -0.1) is 0 Å². The van der Waals surface area contributed by atoms with Crippen molar-refractivity contribution in [2.75, 3.05) is 7.11 Å². The van der Waals surface area contributed by atoms with E-state index in [1.54, 1.807) is 0 Å². The predicted molar refractivity (Wildman–Crippen MR) is 60.0 cm³/mol. The van der Waals surface area contributed by atoms with E-state index in [-0.39, 0.29) is 12.0 Å². The highest BCUT2D eigenvalue weighted by molar-refractivity contribution is 5.92. The van der Waals surface area contributed by atoms with Gasteiger partial charge in [-0.2, -0.15) is 0 Å². The molecule has 0 heterocycles. The van der Waals surface area contributed by atoms with Crippen molar-refractivity contribution < 1.29 is 28.9 Å². The summed E-state index contributed by atoms with van der Waals surface area (Å²) in [5, 5.41) is 17.9. The fourth-order valence-electron chi connectivity index (χ4n) is 1.51. The molecule has 0 fully saturated rings. The third-order valence-corrected chi connectivity index (χ3v) is 2.38. The summed E-state index contributed by atoms with van der Waals surface area (Å²) >= 11 is 0. The molecule has 0 radical (unpaired) electrons. The summed E-state index contributed by atoms with van der Waals surface area (Å²) in [7, 11) is 1.12. The molecule has 0 aromatic heterocycles. The number of aliphatic carboxylic acids is 1. The average molecular weight is 256 g/mol. The number of phenolic OH excluding ortho intramolecular Hbond substituents is 1. The van der Waals surface area contributed by atoms with Crippen molar-refractivity contribution in [2.24, 2.45) is 0 Å². The van der Waals surface area contributed by atoms with Crippen LogP contribution in [0.4, 0.5) is 4.39 Å². The highest BCUT2D eigenvalue weighted by Gasteiger charge is 2.17. The Morgan fingerprint density at radius 3 is 2.61 bits per heavy atom. The summed E-state index contributed by atoms with van der Waals surface area (Å²) in [6, 6.07) is 2.37. The van der Waals surface area contributed by atoms with E-state index in [0.29, 0.717) is 18.4 Å². The van der Waals surface area contributed by atoms with Gasteiger partial charge in [0.05, 0.1) is 7.11 Å². The summed E-state index contributed by atoms with van der Waals surface area (Å²) in [4.78, 5) is 21.6. The molecule has 0 spiro atoms. The maximum atomic E-state index is 13.3. The van der Waals surface area contributed by atoms with E-state index >= 15 is 0 Å². The molecule has 0 aliphatic rings. The lowest BCUT2D eigenvalue weighted by Gasteiger charge is -2.07. The van der Waals surface area contributed by atoms with Crippen LogP contribution in [0.5, 0.6) is 5.75 Å². The molecule has 6 heteroatoms.